The molecule has 0 radical (unpaired) electrons. The number of rotatable bonds is 3. The number of anilines is 1. The lowest BCUT2D eigenvalue weighted by atomic mass is 10.0. The van der Waals surface area contributed by atoms with E-state index in [-0.39, 0.29) is 0 Å². The molecule has 0 saturated carbocycles. The van der Waals surface area contributed by atoms with E-state index in [1.54, 1.807) is 0 Å². The lowest BCUT2D eigenvalue weighted by Gasteiger charge is -2.13. The molecule has 0 aliphatic heterocycles. The van der Waals surface area contributed by atoms with E-state index in [9.17, 15) is 0 Å². The molecule has 4 heteroatoms. The van der Waals surface area contributed by atoms with Gasteiger partial charge in [0.25, 0.3) is 0 Å². The van der Waals surface area contributed by atoms with Gasteiger partial charge >= 0.3 is 0 Å². The summed E-state index contributed by atoms with van der Waals surface area (Å²) >= 11 is 5.97. The molecule has 0 amide bonds. The number of nitrogen functional groups attached to an aromatic ring is 1. The molecule has 0 aliphatic rings. The number of nitrogens with zero attached hydrogens (tertiary/aromatic N) is 2. The predicted molar refractivity (Wildman–Crippen MR) is 79.5 cm³/mol. The average Bonchev–Trinajstić information content (AvgIpc) is 2.27. The fourth-order valence-electron chi connectivity index (χ4n) is 2.29. The van der Waals surface area contributed by atoms with Crippen molar-refractivity contribution in [3.63, 3.8) is 0 Å². The summed E-state index contributed by atoms with van der Waals surface area (Å²) in [6.45, 7) is 6.17. The number of halogens is 1. The van der Waals surface area contributed by atoms with Crippen molar-refractivity contribution in [3.8, 4) is 0 Å². The Balaban J connectivity index is 2.32. The van der Waals surface area contributed by atoms with Crippen LogP contribution in [-0.2, 0) is 6.42 Å². The van der Waals surface area contributed by atoms with E-state index in [0.29, 0.717) is 18.2 Å². The Morgan fingerprint density at radius 2 is 2.00 bits per heavy atom. The molecule has 1 aromatic heterocycles. The molecule has 0 unspecified atom stereocenters. The van der Waals surface area contributed by atoms with Crippen molar-refractivity contribution in [1.29, 1.82) is 0 Å². The van der Waals surface area contributed by atoms with Gasteiger partial charge in [0.05, 0.1) is 0 Å². The monoisotopic (exact) mass is 275 g/mol. The summed E-state index contributed by atoms with van der Waals surface area (Å²) in [6, 6.07) is 7.72. The maximum absolute atomic E-state index is 6.03. The van der Waals surface area contributed by atoms with Crippen molar-refractivity contribution in [1.82, 2.24) is 9.97 Å². The quantitative estimate of drug-likeness (QED) is 0.928. The smallest absolute Gasteiger partial charge is 0.135 e. The van der Waals surface area contributed by atoms with Crippen LogP contribution in [0.2, 0.25) is 5.02 Å². The van der Waals surface area contributed by atoms with Crippen LogP contribution in [0.15, 0.2) is 24.3 Å². The van der Waals surface area contributed by atoms with Crippen LogP contribution in [0.25, 0.3) is 0 Å². The second-order valence-electron chi connectivity index (χ2n) is 4.99. The molecular formula is C15H18ClN3. The van der Waals surface area contributed by atoms with E-state index in [1.165, 1.54) is 0 Å². The summed E-state index contributed by atoms with van der Waals surface area (Å²) in [4.78, 5) is 8.95. The predicted octanol–water partition coefficient (Wildman–Crippen LogP) is 3.73. The Morgan fingerprint density at radius 3 is 2.58 bits per heavy atom. The highest BCUT2D eigenvalue weighted by Crippen LogP contribution is 2.23. The van der Waals surface area contributed by atoms with Crippen molar-refractivity contribution in [3.05, 3.63) is 51.9 Å². The van der Waals surface area contributed by atoms with E-state index in [2.05, 4.69) is 23.8 Å². The second kappa shape index (κ2) is 5.57. The van der Waals surface area contributed by atoms with Crippen molar-refractivity contribution < 1.29 is 0 Å². The van der Waals surface area contributed by atoms with E-state index >= 15 is 0 Å². The molecule has 0 bridgehead atoms. The van der Waals surface area contributed by atoms with Crippen molar-refractivity contribution in [2.75, 3.05) is 5.73 Å². The highest BCUT2D eigenvalue weighted by atomic mass is 35.5. The van der Waals surface area contributed by atoms with Gasteiger partial charge in [0.15, 0.2) is 0 Å². The fourth-order valence-corrected chi connectivity index (χ4v) is 2.50. The van der Waals surface area contributed by atoms with Gasteiger partial charge in [0.2, 0.25) is 0 Å². The minimum atomic E-state index is 0.334. The molecule has 1 heterocycles. The van der Waals surface area contributed by atoms with Crippen LogP contribution in [0.5, 0.6) is 0 Å². The first-order valence-electron chi connectivity index (χ1n) is 6.34. The van der Waals surface area contributed by atoms with Crippen LogP contribution in [0, 0.1) is 6.92 Å². The molecule has 3 nitrogen and oxygen atoms in total. The first-order valence-corrected chi connectivity index (χ1v) is 6.72. The van der Waals surface area contributed by atoms with Gasteiger partial charge in [-0.05, 0) is 30.5 Å². The van der Waals surface area contributed by atoms with Crippen LogP contribution < -0.4 is 5.73 Å². The van der Waals surface area contributed by atoms with Crippen LogP contribution in [0.4, 0.5) is 5.82 Å². The first kappa shape index (κ1) is 13.8. The third-order valence-corrected chi connectivity index (χ3v) is 3.28. The lowest BCUT2D eigenvalue weighted by molar-refractivity contribution is 0.817. The van der Waals surface area contributed by atoms with Gasteiger partial charge in [0, 0.05) is 22.7 Å². The van der Waals surface area contributed by atoms with Gasteiger partial charge in [-0.2, -0.15) is 0 Å². The molecule has 0 atom stereocenters. The number of aromatic nitrogens is 2. The first-order chi connectivity index (χ1) is 8.97. The van der Waals surface area contributed by atoms with Crippen LogP contribution in [-0.4, -0.2) is 9.97 Å². The standard InChI is InChI=1S/C15H18ClN3/c1-9(2)14-10(3)18-13(19-15(14)17)8-11-5-4-6-12(16)7-11/h4-7,9H,8H2,1-3H3,(H2,17,18,19). The van der Waals surface area contributed by atoms with E-state index in [0.717, 1.165) is 27.7 Å². The highest BCUT2D eigenvalue weighted by Gasteiger charge is 2.12. The van der Waals surface area contributed by atoms with Crippen LogP contribution in [0.1, 0.15) is 42.4 Å². The van der Waals surface area contributed by atoms with Crippen molar-refractivity contribution >= 4 is 17.4 Å². The topological polar surface area (TPSA) is 51.8 Å². The molecular weight excluding hydrogens is 258 g/mol. The zero-order valence-electron chi connectivity index (χ0n) is 11.4. The summed E-state index contributed by atoms with van der Waals surface area (Å²) < 4.78 is 0. The number of hydrogen-bond acceptors (Lipinski definition) is 3. The summed E-state index contributed by atoms with van der Waals surface area (Å²) in [5, 5.41) is 0.723. The maximum Gasteiger partial charge on any atom is 0.135 e. The molecule has 0 fully saturated rings. The van der Waals surface area contributed by atoms with Crippen LogP contribution in [0.3, 0.4) is 0 Å². The number of hydrogen-bond donors (Lipinski definition) is 1. The Hall–Kier alpha value is -1.61. The lowest BCUT2D eigenvalue weighted by Crippen LogP contribution is -2.09. The normalized spacial score (nSPS) is 11.0. The molecule has 1 aromatic carbocycles. The van der Waals surface area contributed by atoms with E-state index in [1.807, 2.05) is 31.2 Å². The van der Waals surface area contributed by atoms with E-state index in [4.69, 9.17) is 17.3 Å². The van der Waals surface area contributed by atoms with E-state index < -0.39 is 0 Å². The second-order valence-corrected chi connectivity index (χ2v) is 5.42. The maximum atomic E-state index is 6.03. The summed E-state index contributed by atoms with van der Waals surface area (Å²) in [7, 11) is 0. The Kier molecular flexibility index (Phi) is 4.05. The largest absolute Gasteiger partial charge is 0.383 e. The van der Waals surface area contributed by atoms with Gasteiger partial charge in [0.1, 0.15) is 11.6 Å². The molecule has 0 aliphatic carbocycles. The Morgan fingerprint density at radius 1 is 1.26 bits per heavy atom. The molecule has 19 heavy (non-hydrogen) atoms. The molecule has 2 N–H and O–H groups in total. The average molecular weight is 276 g/mol. The molecule has 0 spiro atoms. The van der Waals surface area contributed by atoms with Crippen molar-refractivity contribution in [2.45, 2.75) is 33.1 Å². The summed E-state index contributed by atoms with van der Waals surface area (Å²) in [5.41, 5.74) is 9.11. The number of benzene rings is 1. The molecule has 100 valence electrons. The van der Waals surface area contributed by atoms with Gasteiger partial charge < -0.3 is 5.73 Å². The molecule has 2 rings (SSSR count). The van der Waals surface area contributed by atoms with Gasteiger partial charge in [-0.25, -0.2) is 9.97 Å². The Labute approximate surface area is 118 Å². The molecule has 0 saturated heterocycles. The highest BCUT2D eigenvalue weighted by molar-refractivity contribution is 6.30. The zero-order valence-corrected chi connectivity index (χ0v) is 12.2. The summed E-state index contributed by atoms with van der Waals surface area (Å²) in [6.07, 6.45) is 0.643. The third kappa shape index (κ3) is 3.24. The van der Waals surface area contributed by atoms with Crippen LogP contribution >= 0.6 is 11.6 Å². The minimum absolute atomic E-state index is 0.334. The number of nitrogens with two attached hydrogens (primary N) is 1. The zero-order chi connectivity index (χ0) is 14.0. The number of aryl methyl sites for hydroxylation is 1. The SMILES string of the molecule is Cc1nc(Cc2cccc(Cl)c2)nc(N)c1C(C)C. The van der Waals surface area contributed by atoms with Gasteiger partial charge in [-0.15, -0.1) is 0 Å². The molecule has 2 aromatic rings. The summed E-state index contributed by atoms with van der Waals surface area (Å²) in [5.74, 6) is 1.65. The Bertz CT molecular complexity index is 571. The fraction of sp³-hybridized carbons (Fsp3) is 0.333. The van der Waals surface area contributed by atoms with Crippen molar-refractivity contribution in [2.24, 2.45) is 0 Å². The van der Waals surface area contributed by atoms with Gasteiger partial charge in [-0.1, -0.05) is 37.6 Å². The third-order valence-electron chi connectivity index (χ3n) is 3.04. The minimum Gasteiger partial charge on any atom is -0.383 e. The van der Waals surface area contributed by atoms with Gasteiger partial charge in [-0.3, -0.25) is 0 Å².